The van der Waals surface area contributed by atoms with E-state index in [1.807, 2.05) is 0 Å². The van der Waals surface area contributed by atoms with Crippen LogP contribution in [0.2, 0.25) is 0 Å². The minimum atomic E-state index is -0.900. The molecule has 0 aromatic rings. The zero-order valence-corrected chi connectivity index (χ0v) is 7.80. The van der Waals surface area contributed by atoms with E-state index in [-0.39, 0.29) is 11.5 Å². The van der Waals surface area contributed by atoms with E-state index in [0.717, 1.165) is 19.4 Å². The van der Waals surface area contributed by atoms with Crippen molar-refractivity contribution >= 4 is 11.9 Å². The summed E-state index contributed by atoms with van der Waals surface area (Å²) in [5.74, 6) is -0.697. The van der Waals surface area contributed by atoms with E-state index < -0.39 is 5.97 Å². The maximum atomic E-state index is 10.1. The third kappa shape index (κ3) is 5.90. The molecule has 0 radical (unpaired) electrons. The summed E-state index contributed by atoms with van der Waals surface area (Å²) < 4.78 is 0. The van der Waals surface area contributed by atoms with Crippen molar-refractivity contribution in [3.8, 4) is 0 Å². The molecule has 4 nitrogen and oxygen atoms in total. The van der Waals surface area contributed by atoms with Crippen LogP contribution in [0, 0.1) is 0 Å². The molecule has 1 aliphatic rings. The molecule has 1 rings (SSSR count). The van der Waals surface area contributed by atoms with Gasteiger partial charge in [-0.1, -0.05) is 13.5 Å². The molecule has 1 heterocycles. The quantitative estimate of drug-likeness (QED) is 0.629. The Hall–Kier alpha value is -1.32. The summed E-state index contributed by atoms with van der Waals surface area (Å²) in [5.41, 5.74) is 0.264. The third-order valence-corrected chi connectivity index (χ3v) is 1.63. The van der Waals surface area contributed by atoms with Crippen molar-refractivity contribution in [2.75, 3.05) is 6.54 Å². The monoisotopic (exact) mass is 185 g/mol. The molecule has 13 heavy (non-hydrogen) atoms. The Morgan fingerprint density at radius 2 is 2.31 bits per heavy atom. The van der Waals surface area contributed by atoms with Gasteiger partial charge >= 0.3 is 5.97 Å². The lowest BCUT2D eigenvalue weighted by atomic mass is 10.2. The van der Waals surface area contributed by atoms with Crippen LogP contribution in [0.3, 0.4) is 0 Å². The van der Waals surface area contributed by atoms with Crippen molar-refractivity contribution in [3.63, 3.8) is 0 Å². The molecule has 0 saturated carbocycles. The van der Waals surface area contributed by atoms with Gasteiger partial charge in [-0.2, -0.15) is 0 Å². The maximum Gasteiger partial charge on any atom is 0.330 e. The number of carboxylic acids is 1. The lowest BCUT2D eigenvalue weighted by Crippen LogP contribution is -2.12. The molecular formula is C9H15NO3. The molecule has 0 spiro atoms. The molecule has 0 aromatic heterocycles. The fraction of sp³-hybridized carbons (Fsp3) is 0.556. The minimum absolute atomic E-state index is 0.204. The molecule has 1 saturated heterocycles. The molecule has 0 atom stereocenters. The van der Waals surface area contributed by atoms with E-state index in [1.165, 1.54) is 0 Å². The largest absolute Gasteiger partial charge is 0.478 e. The molecule has 0 aromatic carbocycles. The van der Waals surface area contributed by atoms with Gasteiger partial charge in [-0.05, 0) is 12.8 Å². The van der Waals surface area contributed by atoms with Gasteiger partial charge in [-0.3, -0.25) is 4.79 Å². The summed E-state index contributed by atoms with van der Waals surface area (Å²) in [6, 6.07) is 0. The summed E-state index contributed by atoms with van der Waals surface area (Å²) in [6.45, 7) is 5.92. The smallest absolute Gasteiger partial charge is 0.330 e. The number of rotatable bonds is 2. The molecule has 0 unspecified atom stereocenters. The lowest BCUT2D eigenvalue weighted by Gasteiger charge is -1.87. The van der Waals surface area contributed by atoms with Crippen LogP contribution in [0.15, 0.2) is 12.2 Å². The van der Waals surface area contributed by atoms with Crippen molar-refractivity contribution in [2.45, 2.75) is 26.2 Å². The van der Waals surface area contributed by atoms with Gasteiger partial charge in [0.2, 0.25) is 5.91 Å². The summed E-state index contributed by atoms with van der Waals surface area (Å²) in [7, 11) is 0. The zero-order chi connectivity index (χ0) is 10.3. The van der Waals surface area contributed by atoms with Crippen LogP contribution in [0.5, 0.6) is 0 Å². The van der Waals surface area contributed by atoms with Gasteiger partial charge in [0, 0.05) is 18.5 Å². The number of hydrogen-bond donors (Lipinski definition) is 2. The fourth-order valence-electron chi connectivity index (χ4n) is 0.716. The number of nitrogens with one attached hydrogen (secondary N) is 1. The predicted octanol–water partition coefficient (Wildman–Crippen LogP) is 0.934. The first kappa shape index (κ1) is 11.7. The minimum Gasteiger partial charge on any atom is -0.478 e. The number of aliphatic carboxylic acids is 1. The van der Waals surface area contributed by atoms with Crippen molar-refractivity contribution in [3.05, 3.63) is 12.2 Å². The van der Waals surface area contributed by atoms with Crippen molar-refractivity contribution in [1.82, 2.24) is 5.32 Å². The van der Waals surface area contributed by atoms with Crippen LogP contribution in [-0.4, -0.2) is 23.5 Å². The van der Waals surface area contributed by atoms with E-state index in [2.05, 4.69) is 11.9 Å². The Bertz CT molecular complexity index is 203. The lowest BCUT2D eigenvalue weighted by molar-refractivity contribution is -0.132. The summed E-state index contributed by atoms with van der Waals surface area (Å²) >= 11 is 0. The van der Waals surface area contributed by atoms with Crippen LogP contribution < -0.4 is 5.32 Å². The highest BCUT2D eigenvalue weighted by molar-refractivity contribution is 5.85. The highest BCUT2D eigenvalue weighted by atomic mass is 16.4. The van der Waals surface area contributed by atoms with E-state index >= 15 is 0 Å². The molecule has 1 fully saturated rings. The first-order chi connectivity index (χ1) is 6.07. The van der Waals surface area contributed by atoms with Gasteiger partial charge in [0.05, 0.1) is 0 Å². The highest BCUT2D eigenvalue weighted by Gasteiger charge is 2.05. The predicted molar refractivity (Wildman–Crippen MR) is 49.3 cm³/mol. The summed E-state index contributed by atoms with van der Waals surface area (Å²) in [5, 5.41) is 10.8. The summed E-state index contributed by atoms with van der Waals surface area (Å²) in [4.78, 5) is 20.0. The molecule has 4 heteroatoms. The Labute approximate surface area is 77.6 Å². The van der Waals surface area contributed by atoms with Crippen molar-refractivity contribution in [1.29, 1.82) is 0 Å². The SMILES string of the molecule is C=C(CC)C(=O)O.O=C1CCCN1. The second-order valence-corrected chi connectivity index (χ2v) is 2.72. The Kier molecular flexibility index (Phi) is 5.59. The first-order valence-corrected chi connectivity index (χ1v) is 4.25. The van der Waals surface area contributed by atoms with Crippen LogP contribution in [0.25, 0.3) is 0 Å². The van der Waals surface area contributed by atoms with Crippen molar-refractivity contribution < 1.29 is 14.7 Å². The van der Waals surface area contributed by atoms with Gasteiger partial charge in [0.25, 0.3) is 0 Å². The number of carbonyl (C=O) groups excluding carboxylic acids is 1. The number of carbonyl (C=O) groups is 2. The molecule has 2 N–H and O–H groups in total. The number of amides is 1. The average molecular weight is 185 g/mol. The topological polar surface area (TPSA) is 66.4 Å². The van der Waals surface area contributed by atoms with E-state index in [4.69, 9.17) is 5.11 Å². The van der Waals surface area contributed by atoms with Crippen molar-refractivity contribution in [2.24, 2.45) is 0 Å². The molecule has 0 bridgehead atoms. The van der Waals surface area contributed by atoms with Gasteiger partial charge in [-0.25, -0.2) is 4.79 Å². The third-order valence-electron chi connectivity index (χ3n) is 1.63. The second kappa shape index (κ2) is 6.22. The van der Waals surface area contributed by atoms with E-state index in [9.17, 15) is 9.59 Å². The van der Waals surface area contributed by atoms with Gasteiger partial charge in [0.1, 0.15) is 0 Å². The molecule has 1 amide bonds. The normalized spacial score (nSPS) is 14.1. The highest BCUT2D eigenvalue weighted by Crippen LogP contribution is 1.93. The van der Waals surface area contributed by atoms with Crippen LogP contribution in [0.1, 0.15) is 26.2 Å². The molecule has 1 aliphatic heterocycles. The Balaban J connectivity index is 0.000000223. The maximum absolute atomic E-state index is 10.1. The standard InChI is InChI=1S/C5H8O2.C4H7NO/c1-3-4(2)5(6)7;6-4-2-1-3-5-4/h2-3H2,1H3,(H,6,7);1-3H2,(H,5,6). The van der Waals surface area contributed by atoms with Crippen LogP contribution >= 0.6 is 0 Å². The van der Waals surface area contributed by atoms with Gasteiger partial charge in [0.15, 0.2) is 0 Å². The Morgan fingerprint density at radius 1 is 1.69 bits per heavy atom. The number of carboxylic acid groups (broad SMARTS) is 1. The zero-order valence-electron chi connectivity index (χ0n) is 7.80. The summed E-state index contributed by atoms with van der Waals surface area (Å²) in [6.07, 6.45) is 2.29. The Morgan fingerprint density at radius 3 is 2.38 bits per heavy atom. The molecular weight excluding hydrogens is 170 g/mol. The van der Waals surface area contributed by atoms with Gasteiger partial charge < -0.3 is 10.4 Å². The molecule has 74 valence electrons. The number of hydrogen-bond acceptors (Lipinski definition) is 2. The molecule has 0 aliphatic carbocycles. The van der Waals surface area contributed by atoms with Crippen LogP contribution in [0.4, 0.5) is 0 Å². The van der Waals surface area contributed by atoms with E-state index in [0.29, 0.717) is 6.42 Å². The van der Waals surface area contributed by atoms with Crippen LogP contribution in [-0.2, 0) is 9.59 Å². The van der Waals surface area contributed by atoms with Gasteiger partial charge in [-0.15, -0.1) is 0 Å². The second-order valence-electron chi connectivity index (χ2n) is 2.72. The first-order valence-electron chi connectivity index (χ1n) is 4.25. The average Bonchev–Trinajstić information content (AvgIpc) is 2.55. The van der Waals surface area contributed by atoms with E-state index in [1.54, 1.807) is 6.92 Å². The fourth-order valence-corrected chi connectivity index (χ4v) is 0.716.